The van der Waals surface area contributed by atoms with Gasteiger partial charge in [-0.3, -0.25) is 4.68 Å². The zero-order valence-electron chi connectivity index (χ0n) is 12.9. The third-order valence-electron chi connectivity index (χ3n) is 4.93. The Morgan fingerprint density at radius 3 is 2.73 bits per heavy atom. The summed E-state index contributed by atoms with van der Waals surface area (Å²) in [5.41, 5.74) is 3.74. The van der Waals surface area contributed by atoms with Gasteiger partial charge in [-0.2, -0.15) is 5.10 Å². The van der Waals surface area contributed by atoms with Crippen LogP contribution in [0, 0.1) is 5.92 Å². The van der Waals surface area contributed by atoms with E-state index in [-0.39, 0.29) is 0 Å². The van der Waals surface area contributed by atoms with Crippen LogP contribution in [0.1, 0.15) is 44.1 Å². The van der Waals surface area contributed by atoms with Crippen molar-refractivity contribution in [2.75, 3.05) is 0 Å². The Bertz CT molecular complexity index is 846. The molecular weight excluding hydrogens is 278 g/mol. The molecule has 4 rings (SSSR count). The molecule has 0 bridgehead atoms. The van der Waals surface area contributed by atoms with Crippen LogP contribution in [0.3, 0.4) is 0 Å². The van der Waals surface area contributed by atoms with Crippen LogP contribution in [0.2, 0.25) is 0 Å². The number of fused-ring (bicyclic) bond motifs is 3. The molecule has 0 aliphatic heterocycles. The Balaban J connectivity index is 2.00. The van der Waals surface area contributed by atoms with Gasteiger partial charge in [0, 0.05) is 30.2 Å². The van der Waals surface area contributed by atoms with E-state index in [9.17, 15) is 10.2 Å². The van der Waals surface area contributed by atoms with Crippen molar-refractivity contribution in [1.29, 1.82) is 0 Å². The quantitative estimate of drug-likeness (QED) is 0.715. The molecule has 5 heteroatoms. The third kappa shape index (κ3) is 1.96. The topological polar surface area (TPSA) is 63.2 Å². The van der Waals surface area contributed by atoms with Crippen LogP contribution in [0.5, 0.6) is 0 Å². The van der Waals surface area contributed by atoms with E-state index in [0.29, 0.717) is 11.6 Å². The number of hydrogen-bond donors (Lipinski definition) is 2. The van der Waals surface area contributed by atoms with Crippen molar-refractivity contribution in [3.63, 3.8) is 0 Å². The van der Waals surface area contributed by atoms with E-state index >= 15 is 0 Å². The number of aromatic nitrogens is 3. The molecule has 1 saturated carbocycles. The standard InChI is InChI=1S/C17H21N3O2/c1-10-3-5-12(7-10)20-14-6-4-11(17(21)22)8-13(14)16-15(20)9-19(2)18-16/h4,6,8-10,12,17,21-22H,3,5,7H2,1-2H3/t10-,12-/m0/s1. The summed E-state index contributed by atoms with van der Waals surface area (Å²) in [6, 6.07) is 6.14. The molecule has 2 atom stereocenters. The molecule has 0 saturated heterocycles. The summed E-state index contributed by atoms with van der Waals surface area (Å²) in [7, 11) is 1.93. The second-order valence-electron chi connectivity index (χ2n) is 6.63. The largest absolute Gasteiger partial charge is 0.364 e. The first-order chi connectivity index (χ1) is 10.5. The van der Waals surface area contributed by atoms with Crippen molar-refractivity contribution < 1.29 is 10.2 Å². The lowest BCUT2D eigenvalue weighted by Crippen LogP contribution is -2.05. The minimum Gasteiger partial charge on any atom is -0.364 e. The molecule has 1 fully saturated rings. The first-order valence-electron chi connectivity index (χ1n) is 7.88. The SMILES string of the molecule is C[C@H]1CC[C@H](n2c3ccc(C(O)O)cc3c3nn(C)cc32)C1. The summed E-state index contributed by atoms with van der Waals surface area (Å²) in [5, 5.41) is 24.5. The normalized spacial score (nSPS) is 22.4. The highest BCUT2D eigenvalue weighted by molar-refractivity contribution is 6.06. The molecule has 5 nitrogen and oxygen atoms in total. The van der Waals surface area contributed by atoms with Crippen molar-refractivity contribution >= 4 is 21.9 Å². The van der Waals surface area contributed by atoms with Crippen LogP contribution in [0.25, 0.3) is 21.9 Å². The first kappa shape index (κ1) is 13.8. The van der Waals surface area contributed by atoms with E-state index in [1.54, 1.807) is 6.07 Å². The van der Waals surface area contributed by atoms with Crippen LogP contribution >= 0.6 is 0 Å². The van der Waals surface area contributed by atoms with Gasteiger partial charge in [-0.15, -0.1) is 0 Å². The molecule has 116 valence electrons. The van der Waals surface area contributed by atoms with E-state index in [4.69, 9.17) is 0 Å². The van der Waals surface area contributed by atoms with Gasteiger partial charge in [0.2, 0.25) is 0 Å². The van der Waals surface area contributed by atoms with Gasteiger partial charge in [-0.05, 0) is 37.3 Å². The Hall–Kier alpha value is -1.85. The number of aliphatic hydroxyl groups excluding tert-OH is 1. The Morgan fingerprint density at radius 2 is 2.05 bits per heavy atom. The van der Waals surface area contributed by atoms with E-state index in [1.807, 2.05) is 23.9 Å². The van der Waals surface area contributed by atoms with Gasteiger partial charge in [-0.25, -0.2) is 0 Å². The van der Waals surface area contributed by atoms with E-state index in [2.05, 4.69) is 22.8 Å². The second-order valence-corrected chi connectivity index (χ2v) is 6.63. The van der Waals surface area contributed by atoms with E-state index < -0.39 is 6.29 Å². The summed E-state index contributed by atoms with van der Waals surface area (Å²) in [5.74, 6) is 0.757. The number of aliphatic hydroxyl groups is 2. The van der Waals surface area contributed by atoms with E-state index in [1.165, 1.54) is 19.3 Å². The predicted molar refractivity (Wildman–Crippen MR) is 85.4 cm³/mol. The molecule has 1 aromatic carbocycles. The molecule has 1 aliphatic carbocycles. The number of benzene rings is 1. The fourth-order valence-corrected chi connectivity index (χ4v) is 3.89. The van der Waals surface area contributed by atoms with Crippen LogP contribution in [-0.4, -0.2) is 24.6 Å². The van der Waals surface area contributed by atoms with Gasteiger partial charge in [0.1, 0.15) is 5.52 Å². The average molecular weight is 299 g/mol. The maximum absolute atomic E-state index is 9.44. The molecule has 2 heterocycles. The van der Waals surface area contributed by atoms with Crippen LogP contribution < -0.4 is 0 Å². The summed E-state index contributed by atoms with van der Waals surface area (Å²) in [4.78, 5) is 0. The first-order valence-corrected chi connectivity index (χ1v) is 7.88. The Labute approximate surface area is 128 Å². The highest BCUT2D eigenvalue weighted by Crippen LogP contribution is 2.40. The molecule has 1 aliphatic rings. The zero-order chi connectivity index (χ0) is 15.4. The summed E-state index contributed by atoms with van der Waals surface area (Å²) < 4.78 is 4.23. The minimum atomic E-state index is -1.45. The summed E-state index contributed by atoms with van der Waals surface area (Å²) in [6.45, 7) is 2.31. The van der Waals surface area contributed by atoms with Gasteiger partial charge >= 0.3 is 0 Å². The van der Waals surface area contributed by atoms with Gasteiger partial charge in [0.25, 0.3) is 0 Å². The van der Waals surface area contributed by atoms with Crippen LogP contribution in [0.4, 0.5) is 0 Å². The zero-order valence-corrected chi connectivity index (χ0v) is 12.9. The van der Waals surface area contributed by atoms with Crippen molar-refractivity contribution in [3.8, 4) is 0 Å². The second kappa shape index (κ2) is 4.83. The monoisotopic (exact) mass is 299 g/mol. The highest BCUT2D eigenvalue weighted by Gasteiger charge is 2.27. The average Bonchev–Trinajstić information content (AvgIpc) is 3.12. The number of nitrogens with zero attached hydrogens (tertiary/aromatic N) is 3. The molecule has 2 N–H and O–H groups in total. The number of rotatable bonds is 2. The summed E-state index contributed by atoms with van der Waals surface area (Å²) in [6.07, 6.45) is 4.27. The van der Waals surface area contributed by atoms with Crippen molar-refractivity contribution in [1.82, 2.24) is 14.3 Å². The van der Waals surface area contributed by atoms with Gasteiger partial charge in [0.05, 0.1) is 11.0 Å². The molecular formula is C17H21N3O2. The predicted octanol–water partition coefficient (Wildman–Crippen LogP) is 2.87. The van der Waals surface area contributed by atoms with Gasteiger partial charge in [-0.1, -0.05) is 13.0 Å². The van der Waals surface area contributed by atoms with Crippen molar-refractivity contribution in [2.24, 2.45) is 13.0 Å². The summed E-state index contributed by atoms with van der Waals surface area (Å²) >= 11 is 0. The maximum atomic E-state index is 9.44. The van der Waals surface area contributed by atoms with Gasteiger partial charge in [0.15, 0.2) is 6.29 Å². The minimum absolute atomic E-state index is 0.504. The molecule has 0 unspecified atom stereocenters. The van der Waals surface area contributed by atoms with Crippen LogP contribution in [0.15, 0.2) is 24.4 Å². The molecule has 0 radical (unpaired) electrons. The van der Waals surface area contributed by atoms with Crippen molar-refractivity contribution in [2.45, 2.75) is 38.5 Å². The lowest BCUT2D eigenvalue weighted by molar-refractivity contribution is -0.0423. The number of hydrogen-bond acceptors (Lipinski definition) is 3. The third-order valence-corrected chi connectivity index (χ3v) is 4.93. The molecule has 22 heavy (non-hydrogen) atoms. The Morgan fingerprint density at radius 1 is 1.23 bits per heavy atom. The van der Waals surface area contributed by atoms with Crippen molar-refractivity contribution in [3.05, 3.63) is 30.0 Å². The number of aryl methyl sites for hydroxylation is 1. The van der Waals surface area contributed by atoms with Crippen LogP contribution in [-0.2, 0) is 7.05 Å². The van der Waals surface area contributed by atoms with Gasteiger partial charge < -0.3 is 14.8 Å². The fourth-order valence-electron chi connectivity index (χ4n) is 3.89. The smallest absolute Gasteiger partial charge is 0.178 e. The van der Waals surface area contributed by atoms with E-state index in [0.717, 1.165) is 27.9 Å². The Kier molecular flexibility index (Phi) is 3.03. The molecule has 2 aromatic heterocycles. The fraction of sp³-hybridized carbons (Fsp3) is 0.471. The molecule has 0 spiro atoms. The molecule has 3 aromatic rings. The maximum Gasteiger partial charge on any atom is 0.178 e. The lowest BCUT2D eigenvalue weighted by Gasteiger charge is -2.15. The lowest BCUT2D eigenvalue weighted by atomic mass is 10.1. The highest BCUT2D eigenvalue weighted by atomic mass is 16.5. The molecule has 0 amide bonds.